The van der Waals surface area contributed by atoms with Crippen molar-refractivity contribution in [2.24, 2.45) is 0 Å². The molecule has 0 spiro atoms. The number of pyridine rings is 1. The number of anilines is 1. The van der Waals surface area contributed by atoms with Gasteiger partial charge in [-0.15, -0.1) is 0 Å². The highest BCUT2D eigenvalue weighted by molar-refractivity contribution is 5.92. The van der Waals surface area contributed by atoms with Gasteiger partial charge in [0.1, 0.15) is 6.10 Å². The SMILES string of the molecule is Cc1ccc(NC(=O)CN2CCC(Oc3cccc(F)n3)C2)cc1C. The van der Waals surface area contributed by atoms with Crippen LogP contribution in [0.4, 0.5) is 10.1 Å². The second-order valence-electron chi connectivity index (χ2n) is 6.41. The summed E-state index contributed by atoms with van der Waals surface area (Å²) in [7, 11) is 0. The van der Waals surface area contributed by atoms with Crippen LogP contribution in [-0.2, 0) is 4.79 Å². The van der Waals surface area contributed by atoms with Crippen molar-refractivity contribution >= 4 is 11.6 Å². The van der Waals surface area contributed by atoms with Gasteiger partial charge in [0, 0.05) is 24.8 Å². The molecule has 2 heterocycles. The van der Waals surface area contributed by atoms with Crippen LogP contribution in [0.1, 0.15) is 17.5 Å². The van der Waals surface area contributed by atoms with Crippen molar-refractivity contribution in [2.45, 2.75) is 26.4 Å². The van der Waals surface area contributed by atoms with E-state index in [9.17, 15) is 9.18 Å². The molecule has 1 amide bonds. The molecule has 0 bridgehead atoms. The first-order valence-corrected chi connectivity index (χ1v) is 8.38. The standard InChI is InChI=1S/C19H22FN3O2/c1-13-6-7-15(10-14(13)2)21-18(24)12-23-9-8-16(11-23)25-19-5-3-4-17(20)22-19/h3-7,10,16H,8-9,11-12H2,1-2H3,(H,21,24). The Kier molecular flexibility index (Phi) is 5.28. The summed E-state index contributed by atoms with van der Waals surface area (Å²) in [6.45, 7) is 5.76. The summed E-state index contributed by atoms with van der Waals surface area (Å²) in [4.78, 5) is 18.0. The highest BCUT2D eigenvalue weighted by Crippen LogP contribution is 2.17. The molecule has 1 aromatic heterocycles. The molecular weight excluding hydrogens is 321 g/mol. The number of likely N-dealkylation sites (tertiary alicyclic amines) is 1. The second-order valence-corrected chi connectivity index (χ2v) is 6.41. The number of carbonyl (C=O) groups is 1. The van der Waals surface area contributed by atoms with Gasteiger partial charge in [-0.1, -0.05) is 12.1 Å². The van der Waals surface area contributed by atoms with Gasteiger partial charge in [-0.05, 0) is 49.6 Å². The minimum absolute atomic E-state index is 0.0483. The van der Waals surface area contributed by atoms with Gasteiger partial charge in [-0.3, -0.25) is 9.69 Å². The van der Waals surface area contributed by atoms with E-state index in [0.717, 1.165) is 24.2 Å². The Morgan fingerprint density at radius 3 is 2.92 bits per heavy atom. The molecule has 25 heavy (non-hydrogen) atoms. The van der Waals surface area contributed by atoms with E-state index in [1.54, 1.807) is 12.1 Å². The van der Waals surface area contributed by atoms with Crippen LogP contribution in [0.15, 0.2) is 36.4 Å². The third-order valence-corrected chi connectivity index (χ3v) is 4.36. The fourth-order valence-electron chi connectivity index (χ4n) is 2.89. The molecular formula is C19H22FN3O2. The summed E-state index contributed by atoms with van der Waals surface area (Å²) in [6.07, 6.45) is 0.707. The lowest BCUT2D eigenvalue weighted by atomic mass is 10.1. The Hall–Kier alpha value is -2.47. The average Bonchev–Trinajstić information content (AvgIpc) is 2.98. The van der Waals surface area contributed by atoms with Crippen LogP contribution < -0.4 is 10.1 Å². The van der Waals surface area contributed by atoms with Gasteiger partial charge < -0.3 is 10.1 Å². The van der Waals surface area contributed by atoms with Crippen molar-refractivity contribution in [3.8, 4) is 5.88 Å². The number of nitrogens with zero attached hydrogens (tertiary/aromatic N) is 2. The second kappa shape index (κ2) is 7.61. The summed E-state index contributed by atoms with van der Waals surface area (Å²) in [5, 5.41) is 2.93. The molecule has 1 aliphatic heterocycles. The number of aromatic nitrogens is 1. The maximum Gasteiger partial charge on any atom is 0.238 e. The van der Waals surface area contributed by atoms with Crippen molar-refractivity contribution in [3.63, 3.8) is 0 Å². The molecule has 1 aromatic carbocycles. The molecule has 3 rings (SSSR count). The van der Waals surface area contributed by atoms with E-state index in [-0.39, 0.29) is 17.9 Å². The molecule has 1 unspecified atom stereocenters. The molecule has 0 saturated carbocycles. The van der Waals surface area contributed by atoms with E-state index < -0.39 is 5.95 Å². The first kappa shape index (κ1) is 17.4. The lowest BCUT2D eigenvalue weighted by Crippen LogP contribution is -2.33. The molecule has 2 aromatic rings. The van der Waals surface area contributed by atoms with Gasteiger partial charge in [-0.2, -0.15) is 9.37 Å². The van der Waals surface area contributed by atoms with E-state index in [1.165, 1.54) is 11.6 Å². The van der Waals surface area contributed by atoms with Gasteiger partial charge in [0.25, 0.3) is 0 Å². The Balaban J connectivity index is 1.49. The molecule has 1 aliphatic rings. The van der Waals surface area contributed by atoms with Crippen LogP contribution in [0.3, 0.4) is 0 Å². The molecule has 0 radical (unpaired) electrons. The summed E-state index contributed by atoms with van der Waals surface area (Å²) in [6, 6.07) is 10.4. The van der Waals surface area contributed by atoms with E-state index in [0.29, 0.717) is 13.1 Å². The number of hydrogen-bond acceptors (Lipinski definition) is 4. The van der Waals surface area contributed by atoms with E-state index in [1.807, 2.05) is 36.9 Å². The number of ether oxygens (including phenoxy) is 1. The molecule has 132 valence electrons. The first-order valence-electron chi connectivity index (χ1n) is 8.38. The number of halogens is 1. The monoisotopic (exact) mass is 343 g/mol. The van der Waals surface area contributed by atoms with Crippen LogP contribution in [0, 0.1) is 19.8 Å². The van der Waals surface area contributed by atoms with Crippen molar-refractivity contribution < 1.29 is 13.9 Å². The summed E-state index contributed by atoms with van der Waals surface area (Å²) in [5.41, 5.74) is 3.16. The van der Waals surface area contributed by atoms with Crippen molar-refractivity contribution in [1.82, 2.24) is 9.88 Å². The Bertz CT molecular complexity index is 766. The van der Waals surface area contributed by atoms with Crippen molar-refractivity contribution in [1.29, 1.82) is 0 Å². The normalized spacial score (nSPS) is 17.5. The number of carbonyl (C=O) groups excluding carboxylic acids is 1. The maximum absolute atomic E-state index is 13.1. The van der Waals surface area contributed by atoms with Gasteiger partial charge >= 0.3 is 0 Å². The Morgan fingerprint density at radius 2 is 2.16 bits per heavy atom. The van der Waals surface area contributed by atoms with E-state index >= 15 is 0 Å². The topological polar surface area (TPSA) is 54.5 Å². The predicted octanol–water partition coefficient (Wildman–Crippen LogP) is 2.93. The molecule has 1 atom stereocenters. The lowest BCUT2D eigenvalue weighted by molar-refractivity contribution is -0.117. The third kappa shape index (κ3) is 4.76. The summed E-state index contributed by atoms with van der Waals surface area (Å²) in [5.74, 6) is -0.320. The zero-order valence-electron chi connectivity index (χ0n) is 14.5. The number of hydrogen-bond donors (Lipinski definition) is 1. The highest BCUT2D eigenvalue weighted by atomic mass is 19.1. The van der Waals surface area contributed by atoms with Gasteiger partial charge in [-0.25, -0.2) is 0 Å². The number of benzene rings is 1. The quantitative estimate of drug-likeness (QED) is 0.848. The van der Waals surface area contributed by atoms with Gasteiger partial charge in [0.2, 0.25) is 17.7 Å². The molecule has 1 N–H and O–H groups in total. The first-order chi connectivity index (χ1) is 12.0. The predicted molar refractivity (Wildman–Crippen MR) is 94.2 cm³/mol. The van der Waals surface area contributed by atoms with Crippen LogP contribution in [-0.4, -0.2) is 41.5 Å². The highest BCUT2D eigenvalue weighted by Gasteiger charge is 2.25. The fraction of sp³-hybridized carbons (Fsp3) is 0.368. The minimum Gasteiger partial charge on any atom is -0.473 e. The van der Waals surface area contributed by atoms with Crippen LogP contribution in [0.5, 0.6) is 5.88 Å². The summed E-state index contributed by atoms with van der Waals surface area (Å²) >= 11 is 0. The minimum atomic E-state index is -0.555. The zero-order valence-corrected chi connectivity index (χ0v) is 14.5. The lowest BCUT2D eigenvalue weighted by Gasteiger charge is -2.16. The zero-order chi connectivity index (χ0) is 17.8. The number of aryl methyl sites for hydroxylation is 2. The number of rotatable bonds is 5. The Labute approximate surface area is 146 Å². The van der Waals surface area contributed by atoms with Crippen LogP contribution in [0.25, 0.3) is 0 Å². The Morgan fingerprint density at radius 1 is 1.32 bits per heavy atom. The van der Waals surface area contributed by atoms with Crippen molar-refractivity contribution in [3.05, 3.63) is 53.5 Å². The third-order valence-electron chi connectivity index (χ3n) is 4.36. The molecule has 1 saturated heterocycles. The van der Waals surface area contributed by atoms with Crippen LogP contribution >= 0.6 is 0 Å². The van der Waals surface area contributed by atoms with E-state index in [2.05, 4.69) is 10.3 Å². The van der Waals surface area contributed by atoms with Gasteiger partial charge in [0.15, 0.2) is 0 Å². The number of amides is 1. The molecule has 1 fully saturated rings. The van der Waals surface area contributed by atoms with Crippen LogP contribution in [0.2, 0.25) is 0 Å². The molecule has 0 aliphatic carbocycles. The largest absolute Gasteiger partial charge is 0.473 e. The number of nitrogens with one attached hydrogen (secondary N) is 1. The molecule has 6 heteroatoms. The smallest absolute Gasteiger partial charge is 0.238 e. The van der Waals surface area contributed by atoms with E-state index in [4.69, 9.17) is 4.74 Å². The molecule has 5 nitrogen and oxygen atoms in total. The maximum atomic E-state index is 13.1. The average molecular weight is 343 g/mol. The fourth-order valence-corrected chi connectivity index (χ4v) is 2.89. The summed E-state index contributed by atoms with van der Waals surface area (Å²) < 4.78 is 18.8. The van der Waals surface area contributed by atoms with Gasteiger partial charge in [0.05, 0.1) is 6.54 Å². The van der Waals surface area contributed by atoms with Crippen molar-refractivity contribution in [2.75, 3.05) is 25.0 Å².